The highest BCUT2D eigenvalue weighted by Gasteiger charge is 2.32. The summed E-state index contributed by atoms with van der Waals surface area (Å²) in [5.41, 5.74) is 2.75. The van der Waals surface area contributed by atoms with Crippen LogP contribution in [0.5, 0.6) is 0 Å². The van der Waals surface area contributed by atoms with E-state index in [4.69, 9.17) is 16.3 Å². The Labute approximate surface area is 139 Å². The average Bonchev–Trinajstić information content (AvgIpc) is 2.92. The smallest absolute Gasteiger partial charge is 0.355 e. The molecule has 1 aromatic heterocycles. The Morgan fingerprint density at radius 3 is 2.86 bits per heavy atom. The first-order chi connectivity index (χ1) is 10.7. The minimum absolute atomic E-state index is 0.00156. The highest BCUT2D eigenvalue weighted by molar-refractivity contribution is 8.00. The Kier molecular flexibility index (Phi) is 4.79. The van der Waals surface area contributed by atoms with E-state index < -0.39 is 0 Å². The number of esters is 1. The number of hydrogen-bond acceptors (Lipinski definition) is 3. The SMILES string of the molecule is CCOC(=O)c1[nH]cc2c1C[C@@H](Cl)[C@H](Sc1ccccc1)C2. The van der Waals surface area contributed by atoms with E-state index >= 15 is 0 Å². The van der Waals surface area contributed by atoms with Crippen molar-refractivity contribution >= 4 is 29.3 Å². The number of carbonyl (C=O) groups is 1. The number of benzene rings is 1. The predicted molar refractivity (Wildman–Crippen MR) is 89.9 cm³/mol. The zero-order valence-corrected chi connectivity index (χ0v) is 13.9. The molecule has 5 heteroatoms. The van der Waals surface area contributed by atoms with E-state index in [9.17, 15) is 4.79 Å². The van der Waals surface area contributed by atoms with Crippen LogP contribution in [0, 0.1) is 0 Å². The number of alkyl halides is 1. The van der Waals surface area contributed by atoms with Crippen molar-refractivity contribution in [1.82, 2.24) is 4.98 Å². The summed E-state index contributed by atoms with van der Waals surface area (Å²) in [6.07, 6.45) is 3.47. The number of aromatic amines is 1. The Hall–Kier alpha value is -1.39. The Bertz CT molecular complexity index is 656. The third-order valence-electron chi connectivity index (χ3n) is 3.81. The lowest BCUT2D eigenvalue weighted by atomic mass is 9.93. The van der Waals surface area contributed by atoms with Gasteiger partial charge in [0.1, 0.15) is 5.69 Å². The molecule has 0 spiro atoms. The summed E-state index contributed by atoms with van der Waals surface area (Å²) < 4.78 is 5.09. The molecule has 0 bridgehead atoms. The molecule has 1 heterocycles. The molecule has 116 valence electrons. The zero-order valence-electron chi connectivity index (χ0n) is 12.3. The number of aromatic nitrogens is 1. The van der Waals surface area contributed by atoms with Crippen LogP contribution in [-0.4, -0.2) is 28.2 Å². The molecule has 3 nitrogen and oxygen atoms in total. The second kappa shape index (κ2) is 6.80. The summed E-state index contributed by atoms with van der Waals surface area (Å²) in [6, 6.07) is 10.3. The summed E-state index contributed by atoms with van der Waals surface area (Å²) in [4.78, 5) is 16.2. The van der Waals surface area contributed by atoms with Gasteiger partial charge in [0, 0.05) is 16.3 Å². The molecule has 2 aromatic rings. The summed E-state index contributed by atoms with van der Waals surface area (Å²) in [5.74, 6) is -0.290. The number of rotatable bonds is 4. The first-order valence-electron chi connectivity index (χ1n) is 7.41. The molecule has 1 aliphatic rings. The van der Waals surface area contributed by atoms with E-state index in [0.29, 0.717) is 24.0 Å². The van der Waals surface area contributed by atoms with Gasteiger partial charge in [0.2, 0.25) is 0 Å². The second-order valence-electron chi connectivity index (χ2n) is 5.28. The molecule has 22 heavy (non-hydrogen) atoms. The number of ether oxygens (including phenoxy) is 1. The molecule has 0 saturated heterocycles. The lowest BCUT2D eigenvalue weighted by Gasteiger charge is -2.27. The lowest BCUT2D eigenvalue weighted by molar-refractivity contribution is 0.0519. The Morgan fingerprint density at radius 2 is 2.14 bits per heavy atom. The van der Waals surface area contributed by atoms with E-state index in [0.717, 1.165) is 12.0 Å². The highest BCUT2D eigenvalue weighted by Crippen LogP contribution is 2.37. The van der Waals surface area contributed by atoms with Gasteiger partial charge in [-0.3, -0.25) is 0 Å². The fourth-order valence-electron chi connectivity index (χ4n) is 2.76. The molecule has 0 radical (unpaired) electrons. The van der Waals surface area contributed by atoms with E-state index in [1.165, 1.54) is 10.5 Å². The quantitative estimate of drug-likeness (QED) is 0.676. The fourth-order valence-corrected chi connectivity index (χ4v) is 4.32. The van der Waals surface area contributed by atoms with Crippen molar-refractivity contribution in [3.8, 4) is 0 Å². The molecule has 0 unspecified atom stereocenters. The number of thioether (sulfide) groups is 1. The van der Waals surface area contributed by atoms with Crippen LogP contribution in [0.2, 0.25) is 0 Å². The van der Waals surface area contributed by atoms with Crippen LogP contribution < -0.4 is 0 Å². The fraction of sp³-hybridized carbons (Fsp3) is 0.353. The van der Waals surface area contributed by atoms with Crippen molar-refractivity contribution in [3.05, 3.63) is 53.3 Å². The van der Waals surface area contributed by atoms with Crippen LogP contribution in [0.15, 0.2) is 41.4 Å². The minimum atomic E-state index is -0.290. The van der Waals surface area contributed by atoms with Crippen LogP contribution in [-0.2, 0) is 17.6 Å². The molecule has 1 aliphatic carbocycles. The van der Waals surface area contributed by atoms with Gasteiger partial charge in [-0.1, -0.05) is 18.2 Å². The van der Waals surface area contributed by atoms with Crippen molar-refractivity contribution < 1.29 is 9.53 Å². The summed E-state index contributed by atoms with van der Waals surface area (Å²) in [5, 5.41) is 0.309. The van der Waals surface area contributed by atoms with Gasteiger partial charge in [-0.05, 0) is 43.0 Å². The molecule has 2 atom stereocenters. The minimum Gasteiger partial charge on any atom is -0.461 e. The molecule has 1 aromatic carbocycles. The van der Waals surface area contributed by atoms with Gasteiger partial charge >= 0.3 is 5.97 Å². The van der Waals surface area contributed by atoms with Gasteiger partial charge in [0.25, 0.3) is 0 Å². The van der Waals surface area contributed by atoms with Crippen LogP contribution in [0.25, 0.3) is 0 Å². The van der Waals surface area contributed by atoms with Crippen LogP contribution in [0.3, 0.4) is 0 Å². The summed E-state index contributed by atoms with van der Waals surface area (Å²) in [7, 11) is 0. The molecule has 0 amide bonds. The molecular weight excluding hydrogens is 318 g/mol. The standard InChI is InChI=1S/C17H18ClNO2S/c1-2-21-17(20)16-13-9-14(18)15(8-11(13)10-19-16)22-12-6-4-3-5-7-12/h3-7,10,14-15,19H,2,8-9H2,1H3/t14-,15-/m1/s1. The molecule has 1 N–H and O–H groups in total. The number of carbonyl (C=O) groups excluding carboxylic acids is 1. The number of nitrogens with one attached hydrogen (secondary N) is 1. The lowest BCUT2D eigenvalue weighted by Crippen LogP contribution is -2.28. The number of fused-ring (bicyclic) bond motifs is 1. The van der Waals surface area contributed by atoms with Gasteiger partial charge in [0.05, 0.1) is 12.0 Å². The molecule has 0 fully saturated rings. The molecule has 3 rings (SSSR count). The highest BCUT2D eigenvalue weighted by atomic mass is 35.5. The third kappa shape index (κ3) is 3.18. The van der Waals surface area contributed by atoms with Gasteiger partial charge in [-0.15, -0.1) is 23.4 Å². The summed E-state index contributed by atoms with van der Waals surface area (Å²) >= 11 is 8.39. The number of H-pyrrole nitrogens is 1. The van der Waals surface area contributed by atoms with Gasteiger partial charge in [0.15, 0.2) is 0 Å². The molecular formula is C17H18ClNO2S. The van der Waals surface area contributed by atoms with Crippen molar-refractivity contribution in [2.75, 3.05) is 6.61 Å². The maximum atomic E-state index is 12.0. The van der Waals surface area contributed by atoms with Crippen LogP contribution >= 0.6 is 23.4 Å². The van der Waals surface area contributed by atoms with Crippen LogP contribution in [0.4, 0.5) is 0 Å². The molecule has 0 aliphatic heterocycles. The predicted octanol–water partition coefficient (Wildman–Crippen LogP) is 4.06. The molecule has 0 saturated carbocycles. The van der Waals surface area contributed by atoms with Crippen molar-refractivity contribution in [2.24, 2.45) is 0 Å². The normalized spacial score (nSPS) is 20.5. The Balaban J connectivity index is 1.77. The van der Waals surface area contributed by atoms with Crippen molar-refractivity contribution in [2.45, 2.75) is 35.3 Å². The maximum Gasteiger partial charge on any atom is 0.355 e. The maximum absolute atomic E-state index is 12.0. The topological polar surface area (TPSA) is 42.1 Å². The van der Waals surface area contributed by atoms with Gasteiger partial charge < -0.3 is 9.72 Å². The first-order valence-corrected chi connectivity index (χ1v) is 8.72. The average molecular weight is 336 g/mol. The van der Waals surface area contributed by atoms with Gasteiger partial charge in [-0.2, -0.15) is 0 Å². The second-order valence-corrected chi connectivity index (χ2v) is 7.15. The third-order valence-corrected chi connectivity index (χ3v) is 5.76. The first kappa shape index (κ1) is 15.5. The Morgan fingerprint density at radius 1 is 1.36 bits per heavy atom. The van der Waals surface area contributed by atoms with E-state index in [2.05, 4.69) is 17.1 Å². The zero-order chi connectivity index (χ0) is 15.5. The van der Waals surface area contributed by atoms with Crippen LogP contribution in [0.1, 0.15) is 28.5 Å². The van der Waals surface area contributed by atoms with E-state index in [-0.39, 0.29) is 11.3 Å². The van der Waals surface area contributed by atoms with E-state index in [1.54, 1.807) is 11.8 Å². The van der Waals surface area contributed by atoms with Crippen molar-refractivity contribution in [3.63, 3.8) is 0 Å². The number of halogens is 1. The largest absolute Gasteiger partial charge is 0.461 e. The van der Waals surface area contributed by atoms with E-state index in [1.807, 2.05) is 31.3 Å². The summed E-state index contributed by atoms with van der Waals surface area (Å²) in [6.45, 7) is 2.19. The van der Waals surface area contributed by atoms with Crippen molar-refractivity contribution in [1.29, 1.82) is 0 Å². The monoisotopic (exact) mass is 335 g/mol. The number of hydrogen-bond donors (Lipinski definition) is 1. The van der Waals surface area contributed by atoms with Gasteiger partial charge in [-0.25, -0.2) is 4.79 Å².